The van der Waals surface area contributed by atoms with Crippen molar-refractivity contribution < 1.29 is 19.4 Å². The van der Waals surface area contributed by atoms with E-state index in [0.717, 1.165) is 11.1 Å². The molecule has 3 N–H and O–H groups in total. The molecule has 0 aromatic heterocycles. The van der Waals surface area contributed by atoms with Crippen LogP contribution in [0.15, 0.2) is 54.1 Å². The lowest BCUT2D eigenvalue weighted by atomic mass is 9.95. The second-order valence-electron chi connectivity index (χ2n) is 6.67. The minimum atomic E-state index is -0.921. The Morgan fingerprint density at radius 2 is 1.81 bits per heavy atom. The minimum Gasteiger partial charge on any atom is -0.481 e. The zero-order chi connectivity index (χ0) is 19.7. The summed E-state index contributed by atoms with van der Waals surface area (Å²) < 4.78 is 5.50. The number of carbonyl (C=O) groups excluding carboxylic acids is 1. The van der Waals surface area contributed by atoms with Crippen LogP contribution in [0.4, 0.5) is 0 Å². The summed E-state index contributed by atoms with van der Waals surface area (Å²) in [7, 11) is 0. The first-order valence-corrected chi connectivity index (χ1v) is 8.76. The molecule has 0 aliphatic rings. The van der Waals surface area contributed by atoms with E-state index in [4.69, 9.17) is 15.6 Å². The summed E-state index contributed by atoms with van der Waals surface area (Å²) in [5, 5.41) is 8.98. The average Bonchev–Trinajstić information content (AvgIpc) is 2.58. The molecule has 5 nitrogen and oxygen atoms in total. The lowest BCUT2D eigenvalue weighted by Gasteiger charge is -2.22. The van der Waals surface area contributed by atoms with E-state index in [1.165, 1.54) is 6.92 Å². The zero-order valence-corrected chi connectivity index (χ0v) is 15.9. The SMILES string of the molecule is CC(=O)OC(Cc1ccccc1)C(C)C=C(C)C=CC(N)C(C)C(=O)O. The summed E-state index contributed by atoms with van der Waals surface area (Å²) in [4.78, 5) is 22.4. The fourth-order valence-electron chi connectivity index (χ4n) is 2.57. The van der Waals surface area contributed by atoms with Crippen molar-refractivity contribution in [2.75, 3.05) is 0 Å². The van der Waals surface area contributed by atoms with Crippen LogP contribution in [-0.4, -0.2) is 29.2 Å². The summed E-state index contributed by atoms with van der Waals surface area (Å²) in [6.07, 6.45) is 5.86. The topological polar surface area (TPSA) is 89.6 Å². The molecule has 4 atom stereocenters. The van der Waals surface area contributed by atoms with Crippen molar-refractivity contribution in [2.24, 2.45) is 17.6 Å². The van der Waals surface area contributed by atoms with E-state index in [1.807, 2.05) is 56.3 Å². The molecule has 0 amide bonds. The standard InChI is InChI=1S/C21H29NO4/c1-14(10-11-19(22)16(3)21(24)25)12-15(2)20(26-17(4)23)13-18-8-6-5-7-9-18/h5-12,15-16,19-20H,13,22H2,1-4H3,(H,24,25). The first-order valence-electron chi connectivity index (χ1n) is 8.76. The van der Waals surface area contributed by atoms with E-state index < -0.39 is 17.9 Å². The molecule has 0 spiro atoms. The number of hydrogen-bond donors (Lipinski definition) is 2. The van der Waals surface area contributed by atoms with Gasteiger partial charge < -0.3 is 15.6 Å². The van der Waals surface area contributed by atoms with Crippen molar-refractivity contribution in [2.45, 2.75) is 46.3 Å². The van der Waals surface area contributed by atoms with Crippen molar-refractivity contribution in [3.8, 4) is 0 Å². The Morgan fingerprint density at radius 1 is 1.19 bits per heavy atom. The maximum atomic E-state index is 11.5. The number of aliphatic carboxylic acids is 1. The highest BCUT2D eigenvalue weighted by atomic mass is 16.5. The van der Waals surface area contributed by atoms with Crippen LogP contribution < -0.4 is 5.73 Å². The molecule has 4 unspecified atom stereocenters. The van der Waals surface area contributed by atoms with Gasteiger partial charge in [-0.1, -0.05) is 68.0 Å². The van der Waals surface area contributed by atoms with E-state index in [1.54, 1.807) is 13.0 Å². The molecule has 0 aliphatic carbocycles. The van der Waals surface area contributed by atoms with E-state index in [2.05, 4.69) is 0 Å². The number of hydrogen-bond acceptors (Lipinski definition) is 4. The highest BCUT2D eigenvalue weighted by molar-refractivity contribution is 5.70. The largest absolute Gasteiger partial charge is 0.481 e. The number of carbonyl (C=O) groups is 2. The third-order valence-electron chi connectivity index (χ3n) is 4.26. The van der Waals surface area contributed by atoms with Crippen LogP contribution in [-0.2, 0) is 20.7 Å². The Balaban J connectivity index is 2.82. The predicted octanol–water partition coefficient (Wildman–Crippen LogP) is 3.35. The van der Waals surface area contributed by atoms with Crippen molar-refractivity contribution in [1.82, 2.24) is 0 Å². The normalized spacial score (nSPS) is 16.7. The van der Waals surface area contributed by atoms with Gasteiger partial charge in [0.2, 0.25) is 0 Å². The third kappa shape index (κ3) is 7.66. The van der Waals surface area contributed by atoms with Crippen LogP contribution in [0.1, 0.15) is 33.3 Å². The monoisotopic (exact) mass is 359 g/mol. The Kier molecular flexibility index (Phi) is 8.79. The number of nitrogens with two attached hydrogens (primary N) is 1. The molecule has 26 heavy (non-hydrogen) atoms. The van der Waals surface area contributed by atoms with Crippen molar-refractivity contribution in [3.05, 3.63) is 59.7 Å². The Labute approximate surface area is 155 Å². The van der Waals surface area contributed by atoms with Gasteiger partial charge >= 0.3 is 11.9 Å². The van der Waals surface area contributed by atoms with Gasteiger partial charge in [-0.2, -0.15) is 0 Å². The smallest absolute Gasteiger partial charge is 0.308 e. The minimum absolute atomic E-state index is 0.00289. The molecule has 0 heterocycles. The third-order valence-corrected chi connectivity index (χ3v) is 4.26. The second kappa shape index (κ2) is 10.6. The van der Waals surface area contributed by atoms with Crippen LogP contribution >= 0.6 is 0 Å². The van der Waals surface area contributed by atoms with Crippen LogP contribution in [0.2, 0.25) is 0 Å². The van der Waals surface area contributed by atoms with Gasteiger partial charge in [0, 0.05) is 25.3 Å². The number of ether oxygens (including phenoxy) is 1. The van der Waals surface area contributed by atoms with Gasteiger partial charge in [-0.25, -0.2) is 0 Å². The number of carboxylic acids is 1. The maximum Gasteiger partial charge on any atom is 0.308 e. The Hall–Kier alpha value is -2.40. The van der Waals surface area contributed by atoms with Crippen molar-refractivity contribution >= 4 is 11.9 Å². The summed E-state index contributed by atoms with van der Waals surface area (Å²) in [6.45, 7) is 6.90. The second-order valence-corrected chi connectivity index (χ2v) is 6.67. The lowest BCUT2D eigenvalue weighted by Crippen LogP contribution is -2.31. The predicted molar refractivity (Wildman–Crippen MR) is 103 cm³/mol. The van der Waals surface area contributed by atoms with E-state index in [-0.39, 0.29) is 18.0 Å². The van der Waals surface area contributed by atoms with Gasteiger partial charge in [-0.05, 0) is 12.5 Å². The molecule has 0 aliphatic heterocycles. The summed E-state index contributed by atoms with van der Waals surface area (Å²) in [5.41, 5.74) is 7.90. The molecule has 0 bridgehead atoms. The zero-order valence-electron chi connectivity index (χ0n) is 15.9. The van der Waals surface area contributed by atoms with Gasteiger partial charge in [0.15, 0.2) is 0 Å². The molecular weight excluding hydrogens is 330 g/mol. The van der Waals surface area contributed by atoms with Gasteiger partial charge in [-0.15, -0.1) is 0 Å². The average molecular weight is 359 g/mol. The molecular formula is C21H29NO4. The van der Waals surface area contributed by atoms with Gasteiger partial charge in [0.05, 0.1) is 5.92 Å². The fourth-order valence-corrected chi connectivity index (χ4v) is 2.57. The van der Waals surface area contributed by atoms with Gasteiger partial charge in [-0.3, -0.25) is 9.59 Å². The summed E-state index contributed by atoms with van der Waals surface area (Å²) >= 11 is 0. The quantitative estimate of drug-likeness (QED) is 0.521. The number of carboxylic acid groups (broad SMARTS) is 1. The van der Waals surface area contributed by atoms with Crippen LogP contribution in [0.3, 0.4) is 0 Å². The number of rotatable bonds is 9. The van der Waals surface area contributed by atoms with Crippen LogP contribution in [0.5, 0.6) is 0 Å². The Morgan fingerprint density at radius 3 is 2.35 bits per heavy atom. The summed E-state index contributed by atoms with van der Waals surface area (Å²) in [6, 6.07) is 9.32. The molecule has 5 heteroatoms. The summed E-state index contributed by atoms with van der Waals surface area (Å²) in [5.74, 6) is -1.88. The Bertz CT molecular complexity index is 651. The molecule has 0 fully saturated rings. The molecule has 0 saturated carbocycles. The fraction of sp³-hybridized carbons (Fsp3) is 0.429. The van der Waals surface area contributed by atoms with Gasteiger partial charge in [0.25, 0.3) is 0 Å². The first kappa shape index (κ1) is 21.6. The van der Waals surface area contributed by atoms with Crippen LogP contribution in [0, 0.1) is 11.8 Å². The maximum absolute atomic E-state index is 11.5. The van der Waals surface area contributed by atoms with Gasteiger partial charge in [0.1, 0.15) is 6.10 Å². The molecule has 1 aromatic carbocycles. The lowest BCUT2D eigenvalue weighted by molar-refractivity contribution is -0.148. The van der Waals surface area contributed by atoms with Crippen molar-refractivity contribution in [3.63, 3.8) is 0 Å². The van der Waals surface area contributed by atoms with Crippen molar-refractivity contribution in [1.29, 1.82) is 0 Å². The molecule has 1 rings (SSSR count). The highest BCUT2D eigenvalue weighted by Crippen LogP contribution is 2.18. The van der Waals surface area contributed by atoms with E-state index >= 15 is 0 Å². The van der Waals surface area contributed by atoms with E-state index in [9.17, 15) is 9.59 Å². The molecule has 0 saturated heterocycles. The molecule has 0 radical (unpaired) electrons. The first-order chi connectivity index (χ1) is 12.2. The van der Waals surface area contributed by atoms with E-state index in [0.29, 0.717) is 6.42 Å². The molecule has 142 valence electrons. The van der Waals surface area contributed by atoms with Crippen LogP contribution in [0.25, 0.3) is 0 Å². The number of esters is 1. The number of allylic oxidation sites excluding steroid dienone is 2. The molecule has 1 aromatic rings. The highest BCUT2D eigenvalue weighted by Gasteiger charge is 2.20. The number of benzene rings is 1.